The number of rotatable bonds is 5. The lowest BCUT2D eigenvalue weighted by atomic mass is 10.0. The standard InChI is InChI=1S/C12H21BrO/c13-10-6-7-11-14-12-8-4-2-1-3-5-9-12/h1-2,12H,3-11H2/b2-1-. The van der Waals surface area contributed by atoms with Crippen molar-refractivity contribution in [2.45, 2.75) is 51.0 Å². The molecule has 0 aliphatic heterocycles. The Kier molecular flexibility index (Phi) is 7.42. The molecular weight excluding hydrogens is 240 g/mol. The normalized spacial score (nSPS) is 25.4. The predicted octanol–water partition coefficient (Wildman–Crippen LogP) is 4.07. The van der Waals surface area contributed by atoms with Crippen LogP contribution in [0.5, 0.6) is 0 Å². The molecule has 1 rings (SSSR count). The molecule has 0 radical (unpaired) electrons. The highest BCUT2D eigenvalue weighted by Crippen LogP contribution is 2.15. The van der Waals surface area contributed by atoms with Crippen LogP contribution in [0, 0.1) is 0 Å². The second-order valence-electron chi connectivity index (χ2n) is 3.87. The molecule has 0 spiro atoms. The minimum atomic E-state index is 0.523. The summed E-state index contributed by atoms with van der Waals surface area (Å²) in [6.07, 6.45) is 13.7. The van der Waals surface area contributed by atoms with Gasteiger partial charge in [0.05, 0.1) is 6.10 Å². The fourth-order valence-electron chi connectivity index (χ4n) is 1.74. The molecule has 0 N–H and O–H groups in total. The number of hydrogen-bond donors (Lipinski definition) is 0. The van der Waals surface area contributed by atoms with Gasteiger partial charge in [0.25, 0.3) is 0 Å². The first-order chi connectivity index (χ1) is 6.93. The molecule has 1 unspecified atom stereocenters. The Labute approximate surface area is 96.0 Å². The molecule has 0 heterocycles. The summed E-state index contributed by atoms with van der Waals surface area (Å²) in [7, 11) is 0. The van der Waals surface area contributed by atoms with Gasteiger partial charge in [0.15, 0.2) is 0 Å². The number of ether oxygens (including phenoxy) is 1. The van der Waals surface area contributed by atoms with E-state index in [-0.39, 0.29) is 0 Å². The minimum absolute atomic E-state index is 0.523. The van der Waals surface area contributed by atoms with Gasteiger partial charge in [0.2, 0.25) is 0 Å². The van der Waals surface area contributed by atoms with Crippen LogP contribution in [0.4, 0.5) is 0 Å². The third kappa shape index (κ3) is 5.82. The molecule has 1 nitrogen and oxygen atoms in total. The molecule has 0 aromatic rings. The first-order valence-electron chi connectivity index (χ1n) is 5.76. The SMILES string of the molecule is BrCCCCOC1CC/C=C\CCC1. The number of hydrogen-bond acceptors (Lipinski definition) is 1. The topological polar surface area (TPSA) is 9.23 Å². The van der Waals surface area contributed by atoms with Crippen molar-refractivity contribution in [1.82, 2.24) is 0 Å². The first-order valence-corrected chi connectivity index (χ1v) is 6.88. The van der Waals surface area contributed by atoms with E-state index in [0.29, 0.717) is 6.10 Å². The van der Waals surface area contributed by atoms with Crippen molar-refractivity contribution < 1.29 is 4.74 Å². The van der Waals surface area contributed by atoms with Crippen LogP contribution in [0.25, 0.3) is 0 Å². The van der Waals surface area contributed by atoms with Gasteiger partial charge in [-0.2, -0.15) is 0 Å². The smallest absolute Gasteiger partial charge is 0.0578 e. The quantitative estimate of drug-likeness (QED) is 0.412. The van der Waals surface area contributed by atoms with Crippen LogP contribution in [0.2, 0.25) is 0 Å². The van der Waals surface area contributed by atoms with E-state index in [9.17, 15) is 0 Å². The van der Waals surface area contributed by atoms with Gasteiger partial charge < -0.3 is 4.74 Å². The van der Waals surface area contributed by atoms with Crippen LogP contribution >= 0.6 is 15.9 Å². The van der Waals surface area contributed by atoms with E-state index in [4.69, 9.17) is 4.74 Å². The molecule has 0 aromatic heterocycles. The van der Waals surface area contributed by atoms with Gasteiger partial charge >= 0.3 is 0 Å². The molecule has 0 saturated heterocycles. The van der Waals surface area contributed by atoms with Crippen molar-refractivity contribution in [3.63, 3.8) is 0 Å². The second kappa shape index (κ2) is 8.49. The zero-order valence-electron chi connectivity index (χ0n) is 8.88. The van der Waals surface area contributed by atoms with Crippen molar-refractivity contribution in [2.24, 2.45) is 0 Å². The van der Waals surface area contributed by atoms with Crippen LogP contribution in [0.1, 0.15) is 44.9 Å². The lowest BCUT2D eigenvalue weighted by Crippen LogP contribution is -2.14. The fourth-order valence-corrected chi connectivity index (χ4v) is 2.14. The van der Waals surface area contributed by atoms with Gasteiger partial charge in [-0.3, -0.25) is 0 Å². The lowest BCUT2D eigenvalue weighted by Gasteiger charge is -2.18. The van der Waals surface area contributed by atoms with Crippen LogP contribution < -0.4 is 0 Å². The summed E-state index contributed by atoms with van der Waals surface area (Å²) in [5.41, 5.74) is 0. The fraction of sp³-hybridized carbons (Fsp3) is 0.833. The van der Waals surface area contributed by atoms with Gasteiger partial charge in [0.1, 0.15) is 0 Å². The molecule has 14 heavy (non-hydrogen) atoms. The maximum absolute atomic E-state index is 5.87. The van der Waals surface area contributed by atoms with E-state index in [0.717, 1.165) is 11.9 Å². The summed E-state index contributed by atoms with van der Waals surface area (Å²) in [4.78, 5) is 0. The van der Waals surface area contributed by atoms with Gasteiger partial charge in [-0.1, -0.05) is 28.1 Å². The Hall–Kier alpha value is 0.180. The van der Waals surface area contributed by atoms with E-state index in [1.165, 1.54) is 44.9 Å². The average molecular weight is 261 g/mol. The molecule has 2 heteroatoms. The molecule has 0 aromatic carbocycles. The average Bonchev–Trinajstić information content (AvgIpc) is 2.15. The molecule has 1 aliphatic carbocycles. The minimum Gasteiger partial charge on any atom is -0.378 e. The van der Waals surface area contributed by atoms with Gasteiger partial charge in [-0.15, -0.1) is 0 Å². The Morgan fingerprint density at radius 2 is 2.00 bits per heavy atom. The Balaban J connectivity index is 2.06. The Morgan fingerprint density at radius 1 is 1.14 bits per heavy atom. The summed E-state index contributed by atoms with van der Waals surface area (Å²) in [6.45, 7) is 0.944. The highest BCUT2D eigenvalue weighted by Gasteiger charge is 2.08. The maximum atomic E-state index is 5.87. The Morgan fingerprint density at radius 3 is 2.86 bits per heavy atom. The van der Waals surface area contributed by atoms with E-state index in [1.807, 2.05) is 0 Å². The van der Waals surface area contributed by atoms with E-state index in [1.54, 1.807) is 0 Å². The van der Waals surface area contributed by atoms with Crippen molar-refractivity contribution >= 4 is 15.9 Å². The number of unbranched alkanes of at least 4 members (excludes halogenated alkanes) is 1. The molecule has 1 aliphatic rings. The molecule has 1 atom stereocenters. The van der Waals surface area contributed by atoms with Crippen molar-refractivity contribution in [1.29, 1.82) is 0 Å². The summed E-state index contributed by atoms with van der Waals surface area (Å²) < 4.78 is 5.87. The summed E-state index contributed by atoms with van der Waals surface area (Å²) >= 11 is 3.43. The lowest BCUT2D eigenvalue weighted by molar-refractivity contribution is 0.0389. The van der Waals surface area contributed by atoms with Crippen LogP contribution in [-0.2, 0) is 4.74 Å². The van der Waals surface area contributed by atoms with E-state index < -0.39 is 0 Å². The second-order valence-corrected chi connectivity index (χ2v) is 4.66. The molecule has 0 fully saturated rings. The number of allylic oxidation sites excluding steroid dienone is 2. The third-order valence-electron chi connectivity index (χ3n) is 2.60. The maximum Gasteiger partial charge on any atom is 0.0578 e. The zero-order valence-corrected chi connectivity index (χ0v) is 10.5. The van der Waals surface area contributed by atoms with Gasteiger partial charge in [-0.05, 0) is 44.9 Å². The monoisotopic (exact) mass is 260 g/mol. The highest BCUT2D eigenvalue weighted by molar-refractivity contribution is 9.09. The van der Waals surface area contributed by atoms with Gasteiger partial charge in [-0.25, -0.2) is 0 Å². The number of halogens is 1. The first kappa shape index (κ1) is 12.3. The Bertz CT molecular complexity index is 156. The predicted molar refractivity (Wildman–Crippen MR) is 65.0 cm³/mol. The van der Waals surface area contributed by atoms with Crippen LogP contribution in [0.3, 0.4) is 0 Å². The zero-order chi connectivity index (χ0) is 10.1. The van der Waals surface area contributed by atoms with Crippen molar-refractivity contribution in [2.75, 3.05) is 11.9 Å². The molecule has 0 amide bonds. The van der Waals surface area contributed by atoms with Crippen LogP contribution in [0.15, 0.2) is 12.2 Å². The van der Waals surface area contributed by atoms with E-state index >= 15 is 0 Å². The number of alkyl halides is 1. The summed E-state index contributed by atoms with van der Waals surface area (Å²) in [5, 5.41) is 1.10. The van der Waals surface area contributed by atoms with Gasteiger partial charge in [0, 0.05) is 11.9 Å². The summed E-state index contributed by atoms with van der Waals surface area (Å²) in [6, 6.07) is 0. The van der Waals surface area contributed by atoms with Crippen molar-refractivity contribution in [3.8, 4) is 0 Å². The van der Waals surface area contributed by atoms with Crippen LogP contribution in [-0.4, -0.2) is 18.0 Å². The van der Waals surface area contributed by atoms with Crippen molar-refractivity contribution in [3.05, 3.63) is 12.2 Å². The largest absolute Gasteiger partial charge is 0.378 e. The molecular formula is C12H21BrO. The molecule has 82 valence electrons. The summed E-state index contributed by atoms with van der Waals surface area (Å²) in [5.74, 6) is 0. The molecule has 0 bridgehead atoms. The molecule has 0 saturated carbocycles. The third-order valence-corrected chi connectivity index (χ3v) is 3.16. The van der Waals surface area contributed by atoms with E-state index in [2.05, 4.69) is 28.1 Å². The highest BCUT2D eigenvalue weighted by atomic mass is 79.9.